The monoisotopic (exact) mass is 729 g/mol. The normalized spacial score (nSPS) is 12.9. The van der Waals surface area contributed by atoms with E-state index in [1.165, 1.54) is 61.0 Å². The summed E-state index contributed by atoms with van der Waals surface area (Å²) in [5, 5.41) is 4.79. The van der Waals surface area contributed by atoms with Gasteiger partial charge in [0.1, 0.15) is 11.2 Å². The van der Waals surface area contributed by atoms with Crippen molar-refractivity contribution in [3.8, 4) is 44.5 Å². The quantitative estimate of drug-likeness (QED) is 0.169. The fraction of sp³-hybridized carbons (Fsp3) is 0.0545. The lowest BCUT2D eigenvalue weighted by molar-refractivity contribution is 0.660. The van der Waals surface area contributed by atoms with Crippen LogP contribution in [0, 0.1) is 0 Å². The molecule has 0 spiro atoms. The van der Waals surface area contributed by atoms with Gasteiger partial charge in [0.25, 0.3) is 0 Å². The molecule has 0 amide bonds. The lowest BCUT2D eigenvalue weighted by atomic mass is 9.82. The van der Waals surface area contributed by atoms with Crippen LogP contribution in [0.25, 0.3) is 77.2 Å². The summed E-state index contributed by atoms with van der Waals surface area (Å²) >= 11 is 0. The van der Waals surface area contributed by atoms with Gasteiger partial charge in [-0.25, -0.2) is 0 Å². The predicted octanol–water partition coefficient (Wildman–Crippen LogP) is 15.5. The summed E-state index contributed by atoms with van der Waals surface area (Å²) in [7, 11) is 0. The Bertz CT molecular complexity index is 3150. The van der Waals surface area contributed by atoms with Gasteiger partial charge in [-0.15, -0.1) is 0 Å². The summed E-state index contributed by atoms with van der Waals surface area (Å²) in [5.41, 5.74) is 17.5. The topological polar surface area (TPSA) is 16.4 Å². The largest absolute Gasteiger partial charge is 0.456 e. The van der Waals surface area contributed by atoms with Crippen LogP contribution in [0.1, 0.15) is 25.0 Å². The third-order valence-corrected chi connectivity index (χ3v) is 12.1. The van der Waals surface area contributed by atoms with Crippen LogP contribution < -0.4 is 4.90 Å². The second-order valence-electron chi connectivity index (χ2n) is 15.7. The Morgan fingerprint density at radius 1 is 0.404 bits per heavy atom. The van der Waals surface area contributed by atoms with Crippen LogP contribution in [0.4, 0.5) is 17.1 Å². The first kappa shape index (κ1) is 33.2. The minimum Gasteiger partial charge on any atom is -0.456 e. The van der Waals surface area contributed by atoms with Gasteiger partial charge >= 0.3 is 0 Å². The standard InChI is InChI=1S/C55H39NO/c1-55(2)48-19-7-5-16-46(48)54-49(55)20-11-21-50(54)56(44-15-9-14-42(35-44)45-18-10-23-52-53(45)47-17-6-8-22-51(47)57-52)43-32-30-38(31-33-43)37-24-26-39(27-25-37)41-29-28-36-12-3-4-13-40(36)34-41/h3-35H,1-2H3. The van der Waals surface area contributed by atoms with Crippen LogP contribution in [0.15, 0.2) is 205 Å². The number of nitrogens with zero attached hydrogens (tertiary/aromatic N) is 1. The molecular weight excluding hydrogens is 691 g/mol. The maximum atomic E-state index is 6.32. The van der Waals surface area contributed by atoms with Crippen LogP contribution in [0.3, 0.4) is 0 Å². The minimum atomic E-state index is -0.115. The van der Waals surface area contributed by atoms with Crippen molar-refractivity contribution in [3.05, 3.63) is 211 Å². The van der Waals surface area contributed by atoms with Crippen molar-refractivity contribution in [2.45, 2.75) is 19.3 Å². The summed E-state index contributed by atoms with van der Waals surface area (Å²) < 4.78 is 6.32. The Hall–Kier alpha value is -7.16. The van der Waals surface area contributed by atoms with Gasteiger partial charge in [0.15, 0.2) is 0 Å². The molecule has 0 saturated carbocycles. The molecule has 0 aliphatic heterocycles. The van der Waals surface area contributed by atoms with Gasteiger partial charge in [0.2, 0.25) is 0 Å². The van der Waals surface area contributed by atoms with Crippen LogP contribution in [-0.4, -0.2) is 0 Å². The van der Waals surface area contributed by atoms with Gasteiger partial charge in [-0.1, -0.05) is 166 Å². The molecule has 57 heavy (non-hydrogen) atoms. The molecule has 2 nitrogen and oxygen atoms in total. The summed E-state index contributed by atoms with van der Waals surface area (Å²) in [6.07, 6.45) is 0. The van der Waals surface area contributed by atoms with E-state index in [0.717, 1.165) is 44.4 Å². The molecule has 0 unspecified atom stereocenters. The smallest absolute Gasteiger partial charge is 0.136 e. The molecule has 2 heteroatoms. The lowest BCUT2D eigenvalue weighted by Crippen LogP contribution is -2.16. The molecule has 9 aromatic carbocycles. The first-order valence-corrected chi connectivity index (χ1v) is 19.8. The van der Waals surface area contributed by atoms with Crippen molar-refractivity contribution < 1.29 is 4.42 Å². The lowest BCUT2D eigenvalue weighted by Gasteiger charge is -2.29. The molecule has 10 aromatic rings. The van der Waals surface area contributed by atoms with Crippen LogP contribution in [0.5, 0.6) is 0 Å². The van der Waals surface area contributed by atoms with Gasteiger partial charge in [-0.05, 0) is 109 Å². The Kier molecular flexibility index (Phi) is 7.55. The van der Waals surface area contributed by atoms with E-state index in [-0.39, 0.29) is 5.41 Å². The molecule has 0 fully saturated rings. The SMILES string of the molecule is CC1(C)c2ccccc2-c2c(N(c3ccc(-c4ccc(-c5ccc6ccccc6c5)cc4)cc3)c3cccc(-c4cccc5oc6ccccc6c45)c3)cccc21. The molecule has 0 N–H and O–H groups in total. The highest BCUT2D eigenvalue weighted by atomic mass is 16.3. The minimum absolute atomic E-state index is 0.115. The average molecular weight is 730 g/mol. The van der Waals surface area contributed by atoms with E-state index in [0.29, 0.717) is 0 Å². The highest BCUT2D eigenvalue weighted by Crippen LogP contribution is 2.54. The molecule has 11 rings (SSSR count). The van der Waals surface area contributed by atoms with E-state index in [9.17, 15) is 0 Å². The Morgan fingerprint density at radius 2 is 1.02 bits per heavy atom. The van der Waals surface area contributed by atoms with E-state index in [1.54, 1.807) is 0 Å². The summed E-state index contributed by atoms with van der Waals surface area (Å²) in [6.45, 7) is 4.70. The van der Waals surface area contributed by atoms with Gasteiger partial charge in [0.05, 0.1) is 5.69 Å². The van der Waals surface area contributed by atoms with E-state index in [4.69, 9.17) is 4.42 Å². The maximum Gasteiger partial charge on any atom is 0.136 e. The number of hydrogen-bond donors (Lipinski definition) is 0. The van der Waals surface area contributed by atoms with Gasteiger partial charge < -0.3 is 9.32 Å². The van der Waals surface area contributed by atoms with E-state index in [1.807, 2.05) is 6.07 Å². The van der Waals surface area contributed by atoms with Crippen molar-refractivity contribution in [1.29, 1.82) is 0 Å². The van der Waals surface area contributed by atoms with E-state index in [2.05, 4.69) is 213 Å². The number of fused-ring (bicyclic) bond motifs is 7. The summed E-state index contributed by atoms with van der Waals surface area (Å²) in [4.78, 5) is 2.45. The Morgan fingerprint density at radius 3 is 1.86 bits per heavy atom. The molecule has 0 saturated heterocycles. The van der Waals surface area contributed by atoms with Crippen molar-refractivity contribution >= 4 is 49.8 Å². The molecular formula is C55H39NO. The molecule has 1 heterocycles. The number of anilines is 3. The first-order chi connectivity index (χ1) is 28.0. The number of benzene rings is 9. The van der Waals surface area contributed by atoms with Crippen LogP contribution in [-0.2, 0) is 5.41 Å². The zero-order chi connectivity index (χ0) is 38.1. The Balaban J connectivity index is 1.03. The zero-order valence-corrected chi connectivity index (χ0v) is 31.9. The fourth-order valence-electron chi connectivity index (χ4n) is 9.20. The molecule has 0 atom stereocenters. The maximum absolute atomic E-state index is 6.32. The second-order valence-corrected chi connectivity index (χ2v) is 15.7. The molecule has 0 bridgehead atoms. The van der Waals surface area contributed by atoms with E-state index >= 15 is 0 Å². The third-order valence-electron chi connectivity index (χ3n) is 12.1. The zero-order valence-electron chi connectivity index (χ0n) is 31.9. The van der Waals surface area contributed by atoms with Crippen molar-refractivity contribution in [2.24, 2.45) is 0 Å². The Labute approximate surface area is 332 Å². The highest BCUT2D eigenvalue weighted by Gasteiger charge is 2.37. The summed E-state index contributed by atoms with van der Waals surface area (Å²) in [6, 6.07) is 72.7. The van der Waals surface area contributed by atoms with Crippen LogP contribution in [0.2, 0.25) is 0 Å². The first-order valence-electron chi connectivity index (χ1n) is 19.8. The second kappa shape index (κ2) is 13.0. The van der Waals surface area contributed by atoms with Gasteiger partial charge in [-0.2, -0.15) is 0 Å². The fourth-order valence-corrected chi connectivity index (χ4v) is 9.20. The molecule has 1 aliphatic carbocycles. The number of rotatable bonds is 6. The van der Waals surface area contributed by atoms with Crippen molar-refractivity contribution in [2.75, 3.05) is 4.90 Å². The third kappa shape index (κ3) is 5.40. The van der Waals surface area contributed by atoms with Crippen molar-refractivity contribution in [1.82, 2.24) is 0 Å². The number of furan rings is 1. The number of hydrogen-bond acceptors (Lipinski definition) is 2. The summed E-state index contributed by atoms with van der Waals surface area (Å²) in [5.74, 6) is 0. The van der Waals surface area contributed by atoms with Crippen molar-refractivity contribution in [3.63, 3.8) is 0 Å². The highest BCUT2D eigenvalue weighted by molar-refractivity contribution is 6.12. The predicted molar refractivity (Wildman–Crippen MR) is 240 cm³/mol. The van der Waals surface area contributed by atoms with Gasteiger partial charge in [0, 0.05) is 33.1 Å². The average Bonchev–Trinajstić information content (AvgIpc) is 3.76. The molecule has 1 aliphatic rings. The molecule has 1 aromatic heterocycles. The molecule has 270 valence electrons. The van der Waals surface area contributed by atoms with Crippen LogP contribution >= 0.6 is 0 Å². The van der Waals surface area contributed by atoms with Gasteiger partial charge in [-0.3, -0.25) is 0 Å². The van der Waals surface area contributed by atoms with E-state index < -0.39 is 0 Å². The molecule has 0 radical (unpaired) electrons. The number of para-hydroxylation sites is 1.